The molecule has 1 N–H and O–H groups in total. The fourth-order valence-corrected chi connectivity index (χ4v) is 6.71. The average molecular weight is 575 g/mol. The van der Waals surface area contributed by atoms with Crippen molar-refractivity contribution in [2.45, 2.75) is 61.0 Å². The van der Waals surface area contributed by atoms with Gasteiger partial charge < -0.3 is 30.1 Å². The maximum Gasteiger partial charge on any atom is 2.00 e. The molecule has 0 saturated carbocycles. The van der Waals surface area contributed by atoms with Crippen molar-refractivity contribution in [3.05, 3.63) is 83.6 Å². The zero-order chi connectivity index (χ0) is 29.3. The fraction of sp³-hybridized carbons (Fsp3) is 0.394. The van der Waals surface area contributed by atoms with E-state index in [0.29, 0.717) is 45.2 Å². The van der Waals surface area contributed by atoms with Gasteiger partial charge in [0.25, 0.3) is 0 Å². The number of Topliss-reactive ketones (excluding diaryl/α,β-unsaturated/α-hetero) is 1. The molecular formula is C33H34MgN4O4-2. The van der Waals surface area contributed by atoms with Gasteiger partial charge in [0.15, 0.2) is 5.78 Å². The molecule has 1 saturated heterocycles. The first-order valence-electron chi connectivity index (χ1n) is 14.2. The van der Waals surface area contributed by atoms with E-state index in [0.717, 1.165) is 51.5 Å². The predicted molar refractivity (Wildman–Crippen MR) is 162 cm³/mol. The van der Waals surface area contributed by atoms with E-state index in [9.17, 15) is 14.7 Å². The molecule has 0 unspecified atom stereocenters. The minimum absolute atomic E-state index is 0. The molecule has 2 aliphatic heterocycles. The number of rotatable bonds is 4. The Morgan fingerprint density at radius 2 is 1.55 bits per heavy atom. The van der Waals surface area contributed by atoms with E-state index in [4.69, 9.17) is 25.0 Å². The molecule has 3 atom stereocenters. The fourth-order valence-electron chi connectivity index (χ4n) is 6.71. The minimum atomic E-state index is -1.10. The molecule has 6 rings (SSSR count). The van der Waals surface area contributed by atoms with Crippen LogP contribution in [0.25, 0.3) is 29.1 Å². The third-order valence-corrected chi connectivity index (χ3v) is 9.24. The van der Waals surface area contributed by atoms with Crippen molar-refractivity contribution in [3.63, 3.8) is 0 Å². The molecule has 214 valence electrons. The first-order chi connectivity index (χ1) is 19.6. The van der Waals surface area contributed by atoms with Crippen LogP contribution in [0, 0.1) is 38.5 Å². The van der Waals surface area contributed by atoms with Crippen LogP contribution in [0.1, 0.15) is 88.1 Å². The molecule has 0 amide bonds. The summed E-state index contributed by atoms with van der Waals surface area (Å²) in [6.45, 7) is 12.1. The molecule has 9 heteroatoms. The summed E-state index contributed by atoms with van der Waals surface area (Å²) >= 11 is 0. The number of aromatic nitrogens is 3. The van der Waals surface area contributed by atoms with Crippen LogP contribution in [0.5, 0.6) is 0 Å². The molecule has 1 fully saturated rings. The van der Waals surface area contributed by atoms with Crippen LogP contribution >= 0.6 is 0 Å². The molecule has 0 radical (unpaired) electrons. The third-order valence-electron chi connectivity index (χ3n) is 9.24. The van der Waals surface area contributed by atoms with Crippen molar-refractivity contribution >= 4 is 58.6 Å². The normalized spacial score (nSPS) is 25.1. The maximum absolute atomic E-state index is 13.9. The van der Waals surface area contributed by atoms with E-state index in [1.54, 1.807) is 0 Å². The standard InChI is InChI=1S/C33H35N4O4.Mg/c1-8-18-16(5)23-10-21-14(3)15(4)22(34-21)11-26-20(13-38)19(9-2)25(35-26)12-24-17(6)27-31(37-24)28(30(18)36-23)29(32(27)39)33(40)41-7;/h10-12,16,18,29,38H,8-9,13H2,1-7H3,(H-,36,37,39);/q-3;+2/p-1/b23-10-,25-12-,26-11-;/t16-,18-,29+;/m0./s1. The van der Waals surface area contributed by atoms with E-state index < -0.39 is 11.9 Å². The summed E-state index contributed by atoms with van der Waals surface area (Å²) in [4.78, 5) is 41.8. The minimum Gasteiger partial charge on any atom is -0.664 e. The maximum atomic E-state index is 13.9. The SMILES string of the molecule is CCc1c(CO)/c2[n-]/c1=C\c1[n-]c3c(c1C)C(=O)[C@H](C(=O)OC)/C3=C1/[N-]/C(=C\c3[n-]c(c(C)c3C)\C=2)[C@@H](C)[C@@H]1CC.[Mg+2]. The number of ether oxygens (including phenoxy) is 1. The van der Waals surface area contributed by atoms with Gasteiger partial charge in [0.1, 0.15) is 5.92 Å². The topological polar surface area (TPSA) is 120 Å². The molecule has 8 nitrogen and oxygen atoms in total. The summed E-state index contributed by atoms with van der Waals surface area (Å²) in [5, 5.41) is 16.8. The van der Waals surface area contributed by atoms with E-state index in [1.165, 1.54) is 7.11 Å². The Balaban J connectivity index is 0.00000353. The van der Waals surface area contributed by atoms with Crippen molar-refractivity contribution < 1.29 is 19.4 Å². The second-order valence-corrected chi connectivity index (χ2v) is 11.2. The zero-order valence-electron chi connectivity index (χ0n) is 25.3. The van der Waals surface area contributed by atoms with Crippen molar-refractivity contribution in [1.29, 1.82) is 0 Å². The molecular weight excluding hydrogens is 541 g/mol. The average Bonchev–Trinajstić information content (AvgIpc) is 3.70. The molecule has 42 heavy (non-hydrogen) atoms. The second kappa shape index (κ2) is 11.1. The van der Waals surface area contributed by atoms with Crippen LogP contribution in [-0.4, -0.2) is 47.0 Å². The smallest absolute Gasteiger partial charge is 0.664 e. The first kappa shape index (κ1) is 30.2. The molecule has 3 aromatic rings. The summed E-state index contributed by atoms with van der Waals surface area (Å²) in [5.41, 5.74) is 9.82. The Morgan fingerprint density at radius 3 is 2.14 bits per heavy atom. The van der Waals surface area contributed by atoms with Crippen molar-refractivity contribution in [3.8, 4) is 0 Å². The number of aliphatic hydroxyl groups is 1. The van der Waals surface area contributed by atoms with Gasteiger partial charge in [-0.05, 0) is 44.6 Å². The Kier molecular flexibility index (Phi) is 7.98. The van der Waals surface area contributed by atoms with E-state index in [1.807, 2.05) is 45.9 Å². The number of allylic oxidation sites excluding steroid dienone is 2. The van der Waals surface area contributed by atoms with E-state index in [2.05, 4.69) is 13.8 Å². The van der Waals surface area contributed by atoms with Gasteiger partial charge in [-0.15, -0.1) is 33.5 Å². The van der Waals surface area contributed by atoms with Gasteiger partial charge >= 0.3 is 29.0 Å². The first-order valence-corrected chi connectivity index (χ1v) is 14.2. The number of methoxy groups -OCH3 is 1. The van der Waals surface area contributed by atoms with Crippen LogP contribution in [0.15, 0.2) is 11.4 Å². The van der Waals surface area contributed by atoms with Crippen molar-refractivity contribution in [1.82, 2.24) is 15.0 Å². The summed E-state index contributed by atoms with van der Waals surface area (Å²) in [5.74, 6) is -1.95. The van der Waals surface area contributed by atoms with Gasteiger partial charge in [0.05, 0.1) is 13.7 Å². The zero-order valence-corrected chi connectivity index (χ0v) is 26.7. The Bertz CT molecular complexity index is 1820. The molecule has 5 heterocycles. The Morgan fingerprint density at radius 1 is 0.929 bits per heavy atom. The number of hydrogen-bond donors (Lipinski definition) is 1. The van der Waals surface area contributed by atoms with Gasteiger partial charge in [-0.2, -0.15) is 11.4 Å². The third kappa shape index (κ3) is 4.27. The predicted octanol–water partition coefficient (Wildman–Crippen LogP) is 2.92. The Hall–Kier alpha value is -3.27. The molecule has 1 aliphatic carbocycles. The van der Waals surface area contributed by atoms with Gasteiger partial charge in [-0.25, -0.2) is 0 Å². The monoisotopic (exact) mass is 574 g/mol. The molecule has 0 spiro atoms. The largest absolute Gasteiger partial charge is 2.00 e. The molecule has 3 aromatic heterocycles. The number of ketones is 1. The second-order valence-electron chi connectivity index (χ2n) is 11.2. The number of carbonyl (C=O) groups excluding carboxylic acids is 2. The summed E-state index contributed by atoms with van der Waals surface area (Å²) in [7, 11) is 1.31. The number of esters is 1. The number of carbonyl (C=O) groups is 2. The number of nitrogens with zero attached hydrogens (tertiary/aromatic N) is 4. The van der Waals surface area contributed by atoms with E-state index >= 15 is 0 Å². The van der Waals surface area contributed by atoms with Crippen molar-refractivity contribution in [2.24, 2.45) is 17.8 Å². The molecule has 0 aromatic carbocycles. The number of aliphatic hydroxyl groups excluding tert-OH is 1. The Labute approximate surface area is 261 Å². The van der Waals surface area contributed by atoms with Crippen LogP contribution in [0.3, 0.4) is 0 Å². The van der Waals surface area contributed by atoms with Crippen LogP contribution in [-0.2, 0) is 22.6 Å². The van der Waals surface area contributed by atoms with Crippen LogP contribution in [0.4, 0.5) is 0 Å². The molecule has 3 aliphatic rings. The quantitative estimate of drug-likeness (QED) is 0.289. The van der Waals surface area contributed by atoms with Gasteiger partial charge in [0.2, 0.25) is 0 Å². The van der Waals surface area contributed by atoms with Crippen molar-refractivity contribution in [2.75, 3.05) is 7.11 Å². The van der Waals surface area contributed by atoms with Gasteiger partial charge in [-0.1, -0.05) is 73.2 Å². The summed E-state index contributed by atoms with van der Waals surface area (Å²) in [6, 6.07) is 0. The van der Waals surface area contributed by atoms with Gasteiger partial charge in [-0.3, -0.25) is 9.59 Å². The summed E-state index contributed by atoms with van der Waals surface area (Å²) < 4.78 is 5.13. The number of hydrogen-bond acceptors (Lipinski definition) is 4. The van der Waals surface area contributed by atoms with Crippen LogP contribution < -0.4 is 25.7 Å². The number of fused-ring (bicyclic) bond motifs is 7. The van der Waals surface area contributed by atoms with Gasteiger partial charge in [0, 0.05) is 5.56 Å². The molecule has 8 bridgehead atoms. The van der Waals surface area contributed by atoms with E-state index in [-0.39, 0.29) is 47.3 Å². The van der Waals surface area contributed by atoms with Crippen LogP contribution in [0.2, 0.25) is 0 Å². The summed E-state index contributed by atoms with van der Waals surface area (Å²) in [6.07, 6.45) is 7.30.